The third kappa shape index (κ3) is 71.6. The number of hydrogen-bond acceptors (Lipinski definition) is 5. The molecule has 0 heterocycles. The number of ether oxygens (including phenoxy) is 1. The molecule has 0 spiro atoms. The third-order valence-electron chi connectivity index (χ3n) is 18.8. The lowest BCUT2D eigenvalue weighted by atomic mass is 10.0. The number of carbonyl (C=O) groups excluding carboxylic acids is 2. The van der Waals surface area contributed by atoms with Crippen LogP contribution in [0.25, 0.3) is 0 Å². The molecule has 0 bridgehead atoms. The van der Waals surface area contributed by atoms with Crippen molar-refractivity contribution in [3.05, 3.63) is 12.2 Å². The van der Waals surface area contributed by atoms with Crippen molar-refractivity contribution >= 4 is 11.9 Å². The Bertz CT molecular complexity index is 1290. The fraction of sp³-hybridized carbons (Fsp3) is 0.949. The highest BCUT2D eigenvalue weighted by Gasteiger charge is 2.18. The number of unbranched alkanes of at least 4 members (excludes halogenated alkanes) is 64. The van der Waals surface area contributed by atoms with E-state index in [-0.39, 0.29) is 18.5 Å². The third-order valence-corrected chi connectivity index (χ3v) is 18.8. The zero-order valence-electron chi connectivity index (χ0n) is 58.1. The fourth-order valence-corrected chi connectivity index (χ4v) is 12.8. The first kappa shape index (κ1) is 83.6. The molecule has 2 unspecified atom stereocenters. The number of rotatable bonds is 75. The first-order chi connectivity index (χ1) is 42.0. The van der Waals surface area contributed by atoms with Crippen LogP contribution in [0.1, 0.15) is 457 Å². The van der Waals surface area contributed by atoms with Crippen LogP contribution in [0.15, 0.2) is 12.2 Å². The molecule has 2 atom stereocenters. The van der Waals surface area contributed by atoms with Gasteiger partial charge in [-0.1, -0.05) is 424 Å². The molecule has 6 nitrogen and oxygen atoms in total. The van der Waals surface area contributed by atoms with Crippen molar-refractivity contribution in [2.24, 2.45) is 0 Å². The Kier molecular flexibility index (Phi) is 73.8. The van der Waals surface area contributed by atoms with Crippen LogP contribution in [0.2, 0.25) is 0 Å². The summed E-state index contributed by atoms with van der Waals surface area (Å²) >= 11 is 0. The predicted octanol–water partition coefficient (Wildman–Crippen LogP) is 25.9. The van der Waals surface area contributed by atoms with Crippen molar-refractivity contribution in [1.82, 2.24) is 5.32 Å². The van der Waals surface area contributed by atoms with Gasteiger partial charge >= 0.3 is 5.97 Å². The molecule has 0 aromatic heterocycles. The smallest absolute Gasteiger partial charge is 0.305 e. The zero-order valence-corrected chi connectivity index (χ0v) is 58.1. The number of allylic oxidation sites excluding steroid dienone is 1. The Balaban J connectivity index is 3.35. The lowest BCUT2D eigenvalue weighted by Crippen LogP contribution is -2.45. The van der Waals surface area contributed by atoms with E-state index in [1.165, 1.54) is 392 Å². The van der Waals surface area contributed by atoms with Gasteiger partial charge in [-0.3, -0.25) is 9.59 Å². The topological polar surface area (TPSA) is 95.9 Å². The van der Waals surface area contributed by atoms with Crippen molar-refractivity contribution in [1.29, 1.82) is 0 Å². The molecule has 6 heteroatoms. The number of esters is 1. The number of aliphatic hydroxyl groups is 2. The van der Waals surface area contributed by atoms with Gasteiger partial charge in [0.1, 0.15) is 0 Å². The van der Waals surface area contributed by atoms with E-state index in [0.29, 0.717) is 19.4 Å². The van der Waals surface area contributed by atoms with Gasteiger partial charge in [0, 0.05) is 12.8 Å². The van der Waals surface area contributed by atoms with Crippen LogP contribution in [0.4, 0.5) is 0 Å². The van der Waals surface area contributed by atoms with Gasteiger partial charge in [-0.2, -0.15) is 0 Å². The largest absolute Gasteiger partial charge is 0.466 e. The van der Waals surface area contributed by atoms with Gasteiger partial charge in [0.05, 0.1) is 25.4 Å². The van der Waals surface area contributed by atoms with Crippen LogP contribution < -0.4 is 5.32 Å². The van der Waals surface area contributed by atoms with E-state index in [9.17, 15) is 19.8 Å². The summed E-state index contributed by atoms with van der Waals surface area (Å²) in [5.41, 5.74) is 0. The van der Waals surface area contributed by atoms with Gasteiger partial charge in [0.2, 0.25) is 5.91 Å². The molecule has 85 heavy (non-hydrogen) atoms. The van der Waals surface area contributed by atoms with Gasteiger partial charge in [-0.05, 0) is 32.1 Å². The van der Waals surface area contributed by atoms with Crippen LogP contribution >= 0.6 is 0 Å². The summed E-state index contributed by atoms with van der Waals surface area (Å²) in [5.74, 6) is -0.0361. The first-order valence-electron chi connectivity index (χ1n) is 39.5. The van der Waals surface area contributed by atoms with E-state index >= 15 is 0 Å². The highest BCUT2D eigenvalue weighted by molar-refractivity contribution is 5.76. The Morgan fingerprint density at radius 3 is 0.800 bits per heavy atom. The summed E-state index contributed by atoms with van der Waals surface area (Å²) in [5, 5.41) is 23.3. The molecule has 0 saturated heterocycles. The van der Waals surface area contributed by atoms with E-state index in [0.717, 1.165) is 38.5 Å². The van der Waals surface area contributed by atoms with Gasteiger partial charge in [0.15, 0.2) is 0 Å². The second-order valence-electron chi connectivity index (χ2n) is 27.4. The highest BCUT2D eigenvalue weighted by atomic mass is 16.5. The molecule has 0 aliphatic rings. The van der Waals surface area contributed by atoms with Crippen molar-refractivity contribution in [3.8, 4) is 0 Å². The minimum atomic E-state index is -0.843. The standard InChI is InChI=1S/C79H155NO5/c1-3-5-7-9-11-13-15-17-19-21-23-24-30-33-36-39-43-47-51-55-59-63-67-71-77(82)76(75-81)80-78(83)72-68-64-60-56-52-48-44-40-37-34-31-28-26-25-27-29-32-35-38-42-46-50-54-58-62-66-70-74-85-79(84)73-69-65-61-57-53-49-45-41-22-20-18-16-14-12-10-8-6-4-2/h67,71,76-77,81-82H,3-66,68-70,72-75H2,1-2H3,(H,80,83)/b71-67+. The molecule has 506 valence electrons. The number of carbonyl (C=O) groups is 2. The lowest BCUT2D eigenvalue weighted by Gasteiger charge is -2.20. The van der Waals surface area contributed by atoms with E-state index in [2.05, 4.69) is 19.2 Å². The molecule has 0 aromatic carbocycles. The van der Waals surface area contributed by atoms with Crippen molar-refractivity contribution in [3.63, 3.8) is 0 Å². The molecule has 0 rings (SSSR count). The summed E-state index contributed by atoms with van der Waals surface area (Å²) in [7, 11) is 0. The Labute approximate surface area is 533 Å². The molecule has 0 radical (unpaired) electrons. The van der Waals surface area contributed by atoms with E-state index in [1.54, 1.807) is 6.08 Å². The molecule has 1 amide bonds. The molecular formula is C79H155NO5. The Hall–Kier alpha value is -1.40. The summed E-state index contributed by atoms with van der Waals surface area (Å²) in [6.07, 6.45) is 94.7. The molecular weight excluding hydrogens is 1040 g/mol. The molecule has 0 aliphatic carbocycles. The van der Waals surface area contributed by atoms with Crippen LogP contribution in [0.3, 0.4) is 0 Å². The fourth-order valence-electron chi connectivity index (χ4n) is 12.8. The monoisotopic (exact) mass is 1200 g/mol. The Morgan fingerprint density at radius 1 is 0.318 bits per heavy atom. The van der Waals surface area contributed by atoms with E-state index in [1.807, 2.05) is 6.08 Å². The summed E-state index contributed by atoms with van der Waals surface area (Å²) < 4.78 is 5.52. The van der Waals surface area contributed by atoms with Crippen LogP contribution in [-0.4, -0.2) is 47.4 Å². The van der Waals surface area contributed by atoms with Gasteiger partial charge < -0.3 is 20.3 Å². The van der Waals surface area contributed by atoms with Gasteiger partial charge in [-0.25, -0.2) is 0 Å². The molecule has 3 N–H and O–H groups in total. The van der Waals surface area contributed by atoms with Crippen molar-refractivity contribution < 1.29 is 24.5 Å². The van der Waals surface area contributed by atoms with Crippen LogP contribution in [0, 0.1) is 0 Å². The predicted molar refractivity (Wildman–Crippen MR) is 375 cm³/mol. The highest BCUT2D eigenvalue weighted by Crippen LogP contribution is 2.20. The van der Waals surface area contributed by atoms with Crippen molar-refractivity contribution in [2.75, 3.05) is 13.2 Å². The SMILES string of the molecule is CCCCCCCCCCCCCCCCCCCCCCC/C=C/C(O)C(CO)NC(=O)CCCCCCCCCCCCCCCCCCCCCCCCCCCCCOC(=O)CCCCCCCCCCCCCCCCCCCC. The maximum absolute atomic E-state index is 12.5. The summed E-state index contributed by atoms with van der Waals surface area (Å²) in [6.45, 7) is 4.97. The lowest BCUT2D eigenvalue weighted by molar-refractivity contribution is -0.143. The second-order valence-corrected chi connectivity index (χ2v) is 27.4. The summed E-state index contributed by atoms with van der Waals surface area (Å²) in [6, 6.07) is -0.627. The van der Waals surface area contributed by atoms with E-state index in [4.69, 9.17) is 4.74 Å². The average Bonchev–Trinajstić information content (AvgIpc) is 3.51. The maximum Gasteiger partial charge on any atom is 0.305 e. The minimum Gasteiger partial charge on any atom is -0.466 e. The minimum absolute atomic E-state index is 0.0235. The normalized spacial score (nSPS) is 12.5. The maximum atomic E-state index is 12.5. The number of aliphatic hydroxyl groups excluding tert-OH is 2. The quantitative estimate of drug-likeness (QED) is 0.0320. The van der Waals surface area contributed by atoms with Gasteiger partial charge in [0.25, 0.3) is 0 Å². The molecule has 0 aliphatic heterocycles. The number of amides is 1. The van der Waals surface area contributed by atoms with Crippen LogP contribution in [-0.2, 0) is 14.3 Å². The molecule has 0 fully saturated rings. The van der Waals surface area contributed by atoms with Gasteiger partial charge in [-0.15, -0.1) is 0 Å². The number of hydrogen-bond donors (Lipinski definition) is 3. The second kappa shape index (κ2) is 75.1. The summed E-state index contributed by atoms with van der Waals surface area (Å²) in [4.78, 5) is 24.7. The molecule has 0 aromatic rings. The van der Waals surface area contributed by atoms with Crippen LogP contribution in [0.5, 0.6) is 0 Å². The average molecular weight is 1200 g/mol. The van der Waals surface area contributed by atoms with Crippen molar-refractivity contribution in [2.45, 2.75) is 469 Å². The zero-order chi connectivity index (χ0) is 61.3. The van der Waals surface area contributed by atoms with E-state index < -0.39 is 12.1 Å². The molecule has 0 saturated carbocycles. The Morgan fingerprint density at radius 2 is 0.541 bits per heavy atom. The first-order valence-corrected chi connectivity index (χ1v) is 39.5. The number of nitrogens with one attached hydrogen (secondary N) is 1.